The van der Waals surface area contributed by atoms with Gasteiger partial charge in [0.25, 0.3) is 0 Å². The Hall–Kier alpha value is -1.35. The van der Waals surface area contributed by atoms with Gasteiger partial charge in [-0.3, -0.25) is 0 Å². The third-order valence-electron chi connectivity index (χ3n) is 2.04. The molecule has 0 saturated carbocycles. The van der Waals surface area contributed by atoms with Gasteiger partial charge >= 0.3 is 0 Å². The molecule has 0 spiro atoms. The molecule has 1 aromatic heterocycles. The maximum atomic E-state index is 5.60. The maximum Gasteiger partial charge on any atom is 0.0955 e. The number of aryl methyl sites for hydroxylation is 1. The lowest BCUT2D eigenvalue weighted by atomic mass is 10.2. The fourth-order valence-electron chi connectivity index (χ4n) is 1.46. The van der Waals surface area contributed by atoms with Crippen molar-refractivity contribution in [3.63, 3.8) is 0 Å². The van der Waals surface area contributed by atoms with Crippen LogP contribution in [0.2, 0.25) is 0 Å². The Morgan fingerprint density at radius 2 is 2.33 bits per heavy atom. The van der Waals surface area contributed by atoms with E-state index in [-0.39, 0.29) is 0 Å². The third-order valence-corrected chi connectivity index (χ3v) is 2.04. The Labute approximate surface area is 70.8 Å². The zero-order valence-corrected chi connectivity index (χ0v) is 6.99. The minimum Gasteiger partial charge on any atom is -0.333 e. The largest absolute Gasteiger partial charge is 0.333 e. The molecular weight excluding hydrogens is 150 g/mol. The Morgan fingerprint density at radius 1 is 1.50 bits per heavy atom. The molecule has 0 radical (unpaired) electrons. The highest BCUT2D eigenvalue weighted by molar-refractivity contribution is 5.78. The number of nitrogens with zero attached hydrogens (tertiary/aromatic N) is 2. The van der Waals surface area contributed by atoms with Crippen LogP contribution >= 0.6 is 0 Å². The number of para-hydroxylation sites is 1. The van der Waals surface area contributed by atoms with Crippen molar-refractivity contribution < 1.29 is 0 Å². The third kappa shape index (κ3) is 0.905. The summed E-state index contributed by atoms with van der Waals surface area (Å²) in [6, 6.07) is 6.01. The summed E-state index contributed by atoms with van der Waals surface area (Å²) in [5, 5.41) is 0. The van der Waals surface area contributed by atoms with Crippen molar-refractivity contribution in [2.24, 2.45) is 12.8 Å². The van der Waals surface area contributed by atoms with Crippen LogP contribution in [-0.2, 0) is 13.6 Å². The van der Waals surface area contributed by atoms with Crippen LogP contribution in [0.15, 0.2) is 24.5 Å². The van der Waals surface area contributed by atoms with Gasteiger partial charge in [-0.15, -0.1) is 0 Å². The smallest absolute Gasteiger partial charge is 0.0955 e. The Kier molecular flexibility index (Phi) is 1.59. The molecular formula is C9H11N3. The molecule has 0 bridgehead atoms. The van der Waals surface area contributed by atoms with Crippen molar-refractivity contribution in [1.29, 1.82) is 0 Å². The molecule has 0 aliphatic carbocycles. The van der Waals surface area contributed by atoms with Crippen molar-refractivity contribution in [3.05, 3.63) is 30.1 Å². The zero-order chi connectivity index (χ0) is 8.55. The quantitative estimate of drug-likeness (QED) is 0.679. The van der Waals surface area contributed by atoms with Crippen LogP contribution in [-0.4, -0.2) is 9.55 Å². The average molecular weight is 161 g/mol. The van der Waals surface area contributed by atoms with E-state index >= 15 is 0 Å². The van der Waals surface area contributed by atoms with Gasteiger partial charge in [0.15, 0.2) is 0 Å². The first-order valence-electron chi connectivity index (χ1n) is 3.92. The van der Waals surface area contributed by atoms with Crippen molar-refractivity contribution in [1.82, 2.24) is 9.55 Å². The van der Waals surface area contributed by atoms with Crippen molar-refractivity contribution in [2.45, 2.75) is 6.54 Å². The van der Waals surface area contributed by atoms with Crippen molar-refractivity contribution >= 4 is 11.0 Å². The minimum absolute atomic E-state index is 0.566. The fourth-order valence-corrected chi connectivity index (χ4v) is 1.46. The number of rotatable bonds is 1. The lowest BCUT2D eigenvalue weighted by Crippen LogP contribution is -1.99. The first-order chi connectivity index (χ1) is 5.83. The molecule has 62 valence electrons. The average Bonchev–Trinajstić information content (AvgIpc) is 2.48. The van der Waals surface area contributed by atoms with E-state index in [9.17, 15) is 0 Å². The molecule has 0 atom stereocenters. The number of hydrogen-bond donors (Lipinski definition) is 1. The molecule has 1 heterocycles. The van der Waals surface area contributed by atoms with Gasteiger partial charge < -0.3 is 10.3 Å². The summed E-state index contributed by atoms with van der Waals surface area (Å²) in [6.45, 7) is 0.566. The molecule has 2 rings (SSSR count). The lowest BCUT2D eigenvalue weighted by Gasteiger charge is -2.00. The van der Waals surface area contributed by atoms with Crippen LogP contribution < -0.4 is 5.73 Å². The van der Waals surface area contributed by atoms with Crippen LogP contribution in [0.1, 0.15) is 5.56 Å². The fraction of sp³-hybridized carbons (Fsp3) is 0.222. The standard InChI is InChI=1S/C9H11N3/c1-12-6-11-8-4-2-3-7(5-10)9(8)12/h2-4,6H,5,10H2,1H3. The van der Waals surface area contributed by atoms with Crippen molar-refractivity contribution in [2.75, 3.05) is 0 Å². The molecule has 0 unspecified atom stereocenters. The molecule has 2 aromatic rings. The summed E-state index contributed by atoms with van der Waals surface area (Å²) >= 11 is 0. The number of hydrogen-bond acceptors (Lipinski definition) is 2. The molecule has 3 nitrogen and oxygen atoms in total. The predicted molar refractivity (Wildman–Crippen MR) is 48.6 cm³/mol. The van der Waals surface area contributed by atoms with E-state index in [1.165, 1.54) is 0 Å². The van der Waals surface area contributed by atoms with E-state index < -0.39 is 0 Å². The first kappa shape index (κ1) is 7.31. The summed E-state index contributed by atoms with van der Waals surface area (Å²) < 4.78 is 2.00. The highest BCUT2D eigenvalue weighted by atomic mass is 15.0. The van der Waals surface area contributed by atoms with Gasteiger partial charge in [0.2, 0.25) is 0 Å². The summed E-state index contributed by atoms with van der Waals surface area (Å²) in [5.74, 6) is 0. The molecule has 0 saturated heterocycles. The number of aromatic nitrogens is 2. The summed E-state index contributed by atoms with van der Waals surface area (Å²) in [6.07, 6.45) is 1.81. The molecule has 0 amide bonds. The van der Waals surface area contributed by atoms with Gasteiger partial charge in [-0.1, -0.05) is 12.1 Å². The van der Waals surface area contributed by atoms with Crippen LogP contribution in [0.25, 0.3) is 11.0 Å². The molecule has 0 aliphatic rings. The zero-order valence-electron chi connectivity index (χ0n) is 6.99. The Bertz CT molecular complexity index is 403. The van der Waals surface area contributed by atoms with Crippen LogP contribution in [0.5, 0.6) is 0 Å². The summed E-state index contributed by atoms with van der Waals surface area (Å²) in [5.41, 5.74) is 8.90. The Morgan fingerprint density at radius 3 is 3.08 bits per heavy atom. The van der Waals surface area contributed by atoms with Crippen molar-refractivity contribution in [3.8, 4) is 0 Å². The van der Waals surface area contributed by atoms with Crippen LogP contribution in [0, 0.1) is 0 Å². The second-order valence-corrected chi connectivity index (χ2v) is 2.84. The number of nitrogens with two attached hydrogens (primary N) is 1. The summed E-state index contributed by atoms with van der Waals surface area (Å²) in [7, 11) is 1.98. The maximum absolute atomic E-state index is 5.60. The van der Waals surface area contributed by atoms with E-state index in [0.717, 1.165) is 16.6 Å². The molecule has 1 aromatic carbocycles. The normalized spacial score (nSPS) is 10.8. The molecule has 12 heavy (non-hydrogen) atoms. The molecule has 0 aliphatic heterocycles. The van der Waals surface area contributed by atoms with Gasteiger partial charge in [0, 0.05) is 13.6 Å². The molecule has 2 N–H and O–H groups in total. The monoisotopic (exact) mass is 161 g/mol. The first-order valence-corrected chi connectivity index (χ1v) is 3.92. The molecule has 3 heteroatoms. The van der Waals surface area contributed by atoms with E-state index in [1.54, 1.807) is 0 Å². The van der Waals surface area contributed by atoms with E-state index in [4.69, 9.17) is 5.73 Å². The van der Waals surface area contributed by atoms with Gasteiger partial charge in [0.05, 0.1) is 17.4 Å². The van der Waals surface area contributed by atoms with Crippen LogP contribution in [0.3, 0.4) is 0 Å². The molecule has 0 fully saturated rings. The SMILES string of the molecule is Cn1cnc2cccc(CN)c21. The van der Waals surface area contributed by atoms with Gasteiger partial charge in [-0.2, -0.15) is 0 Å². The topological polar surface area (TPSA) is 43.8 Å². The Balaban J connectivity index is 2.84. The van der Waals surface area contributed by atoms with E-state index in [0.29, 0.717) is 6.54 Å². The second kappa shape index (κ2) is 2.60. The second-order valence-electron chi connectivity index (χ2n) is 2.84. The predicted octanol–water partition coefficient (Wildman–Crippen LogP) is 1.03. The van der Waals surface area contributed by atoms with Gasteiger partial charge in [-0.25, -0.2) is 4.98 Å². The van der Waals surface area contributed by atoms with Gasteiger partial charge in [0.1, 0.15) is 0 Å². The van der Waals surface area contributed by atoms with E-state index in [2.05, 4.69) is 4.98 Å². The van der Waals surface area contributed by atoms with Crippen LogP contribution in [0.4, 0.5) is 0 Å². The van der Waals surface area contributed by atoms with E-state index in [1.807, 2.05) is 36.1 Å². The summed E-state index contributed by atoms with van der Waals surface area (Å²) in [4.78, 5) is 4.23. The number of imidazole rings is 1. The number of fused-ring (bicyclic) bond motifs is 1. The minimum atomic E-state index is 0.566. The lowest BCUT2D eigenvalue weighted by molar-refractivity contribution is 0.933. The number of benzene rings is 1. The highest BCUT2D eigenvalue weighted by Crippen LogP contribution is 2.15. The highest BCUT2D eigenvalue weighted by Gasteiger charge is 2.02. The van der Waals surface area contributed by atoms with Gasteiger partial charge in [-0.05, 0) is 11.6 Å².